The number of urea groups is 1. The van der Waals surface area contributed by atoms with Gasteiger partial charge in [0.15, 0.2) is 0 Å². The fourth-order valence-corrected chi connectivity index (χ4v) is 9.39. The van der Waals surface area contributed by atoms with Gasteiger partial charge in [-0.25, -0.2) is 24.7 Å². The van der Waals surface area contributed by atoms with Crippen LogP contribution < -0.4 is 45.4 Å². The lowest BCUT2D eigenvalue weighted by atomic mass is 10.2. The molecule has 0 atom stereocenters. The zero-order valence-corrected chi connectivity index (χ0v) is 42.0. The summed E-state index contributed by atoms with van der Waals surface area (Å²) in [5.41, 5.74) is 4.84. The summed E-state index contributed by atoms with van der Waals surface area (Å²) < 4.78 is 12.7. The summed E-state index contributed by atoms with van der Waals surface area (Å²) in [4.78, 5) is 58.4. The quantitative estimate of drug-likeness (QED) is 0.0868. The molecule has 70 heavy (non-hydrogen) atoms. The number of hydrogen-bond acceptors (Lipinski definition) is 15. The van der Waals surface area contributed by atoms with E-state index in [0.29, 0.717) is 46.6 Å². The number of fused-ring (bicyclic) bond motifs is 1. The van der Waals surface area contributed by atoms with Gasteiger partial charge in [-0.2, -0.15) is 4.98 Å². The highest BCUT2D eigenvalue weighted by atomic mass is 35.5. The van der Waals surface area contributed by atoms with Crippen molar-refractivity contribution in [1.29, 1.82) is 0 Å². The van der Waals surface area contributed by atoms with Crippen molar-refractivity contribution in [2.75, 3.05) is 125 Å². The maximum atomic E-state index is 13.0. The maximum Gasteiger partial charge on any atom is 0.327 e. The highest BCUT2D eigenvalue weighted by Gasteiger charge is 2.27. The molecule has 21 heteroatoms. The number of anilines is 8. The highest BCUT2D eigenvalue weighted by Crippen LogP contribution is 2.44. The van der Waals surface area contributed by atoms with Crippen molar-refractivity contribution in [2.24, 2.45) is 0 Å². The van der Waals surface area contributed by atoms with Crippen molar-refractivity contribution < 1.29 is 19.1 Å². The van der Waals surface area contributed by atoms with Crippen LogP contribution in [-0.2, 0) is 0 Å². The molecule has 0 unspecified atom stereocenters. The monoisotopic (exact) mass is 993 g/mol. The first kappa shape index (κ1) is 49.7. The van der Waals surface area contributed by atoms with Crippen LogP contribution in [0, 0.1) is 0 Å². The van der Waals surface area contributed by atoms with Crippen LogP contribution in [0.2, 0.25) is 10.0 Å². The molecule has 0 bridgehead atoms. The third kappa shape index (κ3) is 11.5. The number of amides is 3. The van der Waals surface area contributed by atoms with E-state index < -0.39 is 6.03 Å². The van der Waals surface area contributed by atoms with Gasteiger partial charge in [-0.1, -0.05) is 43.0 Å². The van der Waals surface area contributed by atoms with E-state index in [9.17, 15) is 9.59 Å². The van der Waals surface area contributed by atoms with E-state index in [1.54, 1.807) is 44.4 Å². The Morgan fingerprint density at radius 1 is 0.771 bits per heavy atom. The van der Waals surface area contributed by atoms with E-state index in [4.69, 9.17) is 37.7 Å². The van der Waals surface area contributed by atoms with E-state index in [-0.39, 0.29) is 21.6 Å². The molecule has 0 spiro atoms. The minimum Gasteiger partial charge on any atom is -0.495 e. The number of piperazine rings is 2. The number of carbonyl (C=O) groups excluding carboxylic acids is 2. The summed E-state index contributed by atoms with van der Waals surface area (Å²) in [7, 11) is 8.07. The molecule has 1 aliphatic carbocycles. The van der Waals surface area contributed by atoms with Gasteiger partial charge in [-0.15, -0.1) is 0 Å². The molecule has 3 amide bonds. The summed E-state index contributed by atoms with van der Waals surface area (Å²) in [6.45, 7) is 11.4. The Kier molecular flexibility index (Phi) is 16.2. The van der Waals surface area contributed by atoms with Gasteiger partial charge in [0, 0.05) is 115 Å². The first-order valence-corrected chi connectivity index (χ1v) is 24.3. The molecule has 0 radical (unpaired) electrons. The summed E-state index contributed by atoms with van der Waals surface area (Å²) in [5, 5.41) is 13.8. The van der Waals surface area contributed by atoms with Crippen LogP contribution in [0.15, 0.2) is 73.3 Å². The average Bonchev–Trinajstić information content (AvgIpc) is 4.07. The second-order valence-electron chi connectivity index (χ2n) is 17.4. The lowest BCUT2D eigenvalue weighted by Crippen LogP contribution is -2.46. The van der Waals surface area contributed by atoms with Crippen molar-refractivity contribution in [2.45, 2.75) is 38.6 Å². The predicted molar refractivity (Wildman–Crippen MR) is 279 cm³/mol. The number of aromatic nitrogens is 6. The zero-order valence-electron chi connectivity index (χ0n) is 40.5. The number of carbonyl (C=O) groups is 2. The van der Waals surface area contributed by atoms with Crippen molar-refractivity contribution in [1.82, 2.24) is 44.6 Å². The highest BCUT2D eigenvalue weighted by molar-refractivity contribution is 6.41. The van der Waals surface area contributed by atoms with Gasteiger partial charge in [0.1, 0.15) is 56.7 Å². The molecule has 4 aromatic heterocycles. The summed E-state index contributed by atoms with van der Waals surface area (Å²) in [6.07, 6.45) is 9.56. The third-order valence-corrected chi connectivity index (χ3v) is 13.5. The average molecular weight is 995 g/mol. The number of nitrogens with one attached hydrogen (secondary N) is 4. The zero-order chi connectivity index (χ0) is 49.3. The minimum atomic E-state index is -0.513. The first-order valence-electron chi connectivity index (χ1n) is 23.5. The number of nitrogens with zero attached hydrogens (tertiary/aromatic N) is 11. The van der Waals surface area contributed by atoms with Crippen LogP contribution in [0.3, 0.4) is 0 Å². The standard InChI is InChI=1S/C26H31Cl2N7O3.C23H30N8O/c1-5-34-10-12-35(13-11-34)18-8-6-17(7-9-18)31-21-15-22(30-16-29-21)33(2)26(36)32-25-23(27)19(37-3)14-20(38-4)24(25)28;1-29(2)22(32)19-13-16-14-26-23(28-21(16)31(19)17-5-3-4-6-17)27-20-8-7-18(15-25-20)30-11-9-24-10-12-30/h6-9,14-16H,5,10-13H2,1-4H3,(H,32,36)(H,29,30,31);7-8,13-15,17,24H,3-6,9-12H2,1-2H3,(H,25,26,27,28). The van der Waals surface area contributed by atoms with Crippen LogP contribution in [-0.4, -0.2) is 145 Å². The topological polar surface area (TPSA) is 186 Å². The van der Waals surface area contributed by atoms with Gasteiger partial charge in [0.2, 0.25) is 5.95 Å². The molecule has 4 N–H and O–H groups in total. The molecule has 3 fully saturated rings. The van der Waals surface area contributed by atoms with Crippen LogP contribution in [0.5, 0.6) is 11.5 Å². The number of pyridine rings is 1. The number of likely N-dealkylation sites (N-methyl/N-ethyl adjacent to an activating group) is 1. The number of rotatable bonds is 13. The summed E-state index contributed by atoms with van der Waals surface area (Å²) >= 11 is 12.8. The Morgan fingerprint density at radius 2 is 1.44 bits per heavy atom. The van der Waals surface area contributed by atoms with Crippen LogP contribution >= 0.6 is 23.2 Å². The van der Waals surface area contributed by atoms with Crippen molar-refractivity contribution in [3.63, 3.8) is 0 Å². The van der Waals surface area contributed by atoms with Crippen molar-refractivity contribution >= 4 is 92.3 Å². The largest absolute Gasteiger partial charge is 0.495 e. The van der Waals surface area contributed by atoms with E-state index in [1.165, 1.54) is 44.0 Å². The van der Waals surface area contributed by atoms with Crippen LogP contribution in [0.1, 0.15) is 49.1 Å². The van der Waals surface area contributed by atoms with E-state index in [2.05, 4.69) is 85.6 Å². The van der Waals surface area contributed by atoms with Crippen LogP contribution in [0.25, 0.3) is 11.0 Å². The molecule has 3 aliphatic rings. The molecular formula is C49H61Cl2N15O4. The van der Waals surface area contributed by atoms with Gasteiger partial charge in [-0.3, -0.25) is 9.69 Å². The smallest absolute Gasteiger partial charge is 0.327 e. The molecule has 2 saturated heterocycles. The lowest BCUT2D eigenvalue weighted by molar-refractivity contribution is 0.0815. The molecule has 1 saturated carbocycles. The van der Waals surface area contributed by atoms with Crippen molar-refractivity contribution in [3.8, 4) is 11.5 Å². The van der Waals surface area contributed by atoms with E-state index >= 15 is 0 Å². The second kappa shape index (κ2) is 22.8. The van der Waals surface area contributed by atoms with E-state index in [0.717, 1.165) is 94.2 Å². The minimum absolute atomic E-state index is 0.00502. The fourth-order valence-electron chi connectivity index (χ4n) is 8.79. The Hall–Kier alpha value is -6.67. The number of methoxy groups -OCH3 is 2. The van der Waals surface area contributed by atoms with E-state index in [1.807, 2.05) is 30.5 Å². The molecule has 2 aliphatic heterocycles. The Balaban J connectivity index is 0.000000191. The van der Waals surface area contributed by atoms with Crippen molar-refractivity contribution in [3.05, 3.63) is 89.1 Å². The van der Waals surface area contributed by atoms with Gasteiger partial charge in [0.25, 0.3) is 5.91 Å². The molecule has 9 rings (SSSR count). The van der Waals surface area contributed by atoms with Gasteiger partial charge < -0.3 is 54.9 Å². The van der Waals surface area contributed by atoms with Gasteiger partial charge in [0.05, 0.1) is 31.8 Å². The number of benzene rings is 2. The summed E-state index contributed by atoms with van der Waals surface area (Å²) in [5.74, 6) is 2.72. The lowest BCUT2D eigenvalue weighted by Gasteiger charge is -2.35. The molecule has 19 nitrogen and oxygen atoms in total. The molecule has 370 valence electrons. The molecular weight excluding hydrogens is 934 g/mol. The normalized spacial score (nSPS) is 15.3. The summed E-state index contributed by atoms with van der Waals surface area (Å²) in [6, 6.07) is 17.2. The SMILES string of the molecule is CCN1CCN(c2ccc(Nc3cc(N(C)C(=O)Nc4c(Cl)c(OC)cc(OC)c4Cl)ncn3)cc2)CC1.CN(C)C(=O)c1cc2cnc(Nc3ccc(N4CCNCC4)cn3)nc2n1C1CCCC1. The third-order valence-electron chi connectivity index (χ3n) is 12.8. The Bertz CT molecular complexity index is 2710. The number of halogens is 2. The fraction of sp³-hybridized carbons (Fsp3) is 0.408. The molecule has 6 heterocycles. The first-order chi connectivity index (χ1) is 33.9. The Morgan fingerprint density at radius 3 is 2.07 bits per heavy atom. The van der Waals surface area contributed by atoms with Gasteiger partial charge >= 0.3 is 6.03 Å². The molecule has 6 aromatic rings. The number of ether oxygens (including phenoxy) is 2. The van der Waals surface area contributed by atoms with Gasteiger partial charge in [-0.05, 0) is 61.9 Å². The number of hydrogen-bond donors (Lipinski definition) is 4. The Labute approximate surface area is 418 Å². The molecule has 2 aromatic carbocycles. The second-order valence-corrected chi connectivity index (χ2v) is 18.2. The predicted octanol–water partition coefficient (Wildman–Crippen LogP) is 8.15. The van der Waals surface area contributed by atoms with Crippen LogP contribution in [0.4, 0.5) is 50.9 Å². The maximum absolute atomic E-state index is 13.0.